The van der Waals surface area contributed by atoms with Crippen molar-refractivity contribution < 1.29 is 22.3 Å². The first kappa shape index (κ1) is 21.5. The summed E-state index contributed by atoms with van der Waals surface area (Å²) in [4.78, 5) is 12.9. The number of nitrogens with one attached hydrogen (secondary N) is 1. The Balaban J connectivity index is 1.73. The van der Waals surface area contributed by atoms with Gasteiger partial charge in [-0.1, -0.05) is 12.1 Å². The lowest BCUT2D eigenvalue weighted by molar-refractivity contribution is -0.117. The zero-order valence-electron chi connectivity index (χ0n) is 16.8. The molecule has 1 amide bonds. The van der Waals surface area contributed by atoms with Gasteiger partial charge in [0.1, 0.15) is 22.1 Å². The molecule has 0 aliphatic carbocycles. The molecule has 0 aliphatic rings. The number of halogens is 1. The molecule has 156 valence electrons. The average Bonchev–Trinajstić information content (AvgIpc) is 2.71. The van der Waals surface area contributed by atoms with Crippen LogP contribution in [0.25, 0.3) is 0 Å². The smallest absolute Gasteiger partial charge is 0.245 e. The van der Waals surface area contributed by atoms with E-state index in [2.05, 4.69) is 5.32 Å². The summed E-state index contributed by atoms with van der Waals surface area (Å²) in [5.74, 6) is -0.0373. The normalized spacial score (nSPS) is 11.7. The van der Waals surface area contributed by atoms with Crippen molar-refractivity contribution in [1.82, 2.24) is 0 Å². The standard InChI is InChI=1S/C23H22FNO4S/c1-16-5-4-6-21(15-16)30(27,28)23(2,3)22(26)25-18-9-13-20(14-10-18)29-19-11-7-17(24)8-12-19/h4-15H,1-3H3,(H,25,26). The topological polar surface area (TPSA) is 72.5 Å². The average molecular weight is 427 g/mol. The summed E-state index contributed by atoms with van der Waals surface area (Å²) in [7, 11) is -3.90. The molecule has 3 aromatic carbocycles. The number of anilines is 1. The number of carbonyl (C=O) groups excluding carboxylic acids is 1. The Morgan fingerprint density at radius 3 is 2.07 bits per heavy atom. The number of rotatable bonds is 6. The van der Waals surface area contributed by atoms with E-state index in [9.17, 15) is 17.6 Å². The number of amides is 1. The van der Waals surface area contributed by atoms with E-state index in [0.717, 1.165) is 5.56 Å². The maximum Gasteiger partial charge on any atom is 0.245 e. The van der Waals surface area contributed by atoms with Gasteiger partial charge in [0.15, 0.2) is 9.84 Å². The Kier molecular flexibility index (Phi) is 5.94. The first-order valence-corrected chi connectivity index (χ1v) is 10.7. The van der Waals surface area contributed by atoms with Gasteiger partial charge >= 0.3 is 0 Å². The van der Waals surface area contributed by atoms with Crippen LogP contribution in [0.15, 0.2) is 77.7 Å². The minimum atomic E-state index is -3.90. The third-order valence-corrected chi connectivity index (χ3v) is 7.08. The van der Waals surface area contributed by atoms with Crippen molar-refractivity contribution in [2.45, 2.75) is 30.4 Å². The molecule has 0 aliphatic heterocycles. The second-order valence-corrected chi connectivity index (χ2v) is 9.86. The highest BCUT2D eigenvalue weighted by atomic mass is 32.2. The number of sulfone groups is 1. The molecule has 3 aromatic rings. The maximum absolute atomic E-state index is 13.0. The van der Waals surface area contributed by atoms with E-state index in [1.54, 1.807) is 49.4 Å². The number of benzene rings is 3. The summed E-state index contributed by atoms with van der Waals surface area (Å²) in [6.07, 6.45) is 0. The van der Waals surface area contributed by atoms with Crippen LogP contribution in [-0.4, -0.2) is 19.1 Å². The number of ether oxygens (including phenoxy) is 1. The van der Waals surface area contributed by atoms with Gasteiger partial charge in [-0.25, -0.2) is 12.8 Å². The zero-order valence-corrected chi connectivity index (χ0v) is 17.7. The summed E-state index contributed by atoms with van der Waals surface area (Å²) < 4.78 is 42.9. The second kappa shape index (κ2) is 8.28. The summed E-state index contributed by atoms with van der Waals surface area (Å²) >= 11 is 0. The number of hydrogen-bond acceptors (Lipinski definition) is 4. The van der Waals surface area contributed by atoms with E-state index >= 15 is 0 Å². The third kappa shape index (κ3) is 4.52. The molecule has 1 N–H and O–H groups in total. The summed E-state index contributed by atoms with van der Waals surface area (Å²) in [6, 6.07) is 18.5. The minimum absolute atomic E-state index is 0.102. The van der Waals surface area contributed by atoms with Crippen LogP contribution in [0.4, 0.5) is 10.1 Å². The SMILES string of the molecule is Cc1cccc(S(=O)(=O)C(C)(C)C(=O)Nc2ccc(Oc3ccc(F)cc3)cc2)c1. The molecule has 0 aromatic heterocycles. The Bertz CT molecular complexity index is 1150. The highest BCUT2D eigenvalue weighted by Gasteiger charge is 2.42. The van der Waals surface area contributed by atoms with E-state index in [-0.39, 0.29) is 10.7 Å². The lowest BCUT2D eigenvalue weighted by Gasteiger charge is -2.24. The van der Waals surface area contributed by atoms with Crippen LogP contribution in [-0.2, 0) is 14.6 Å². The second-order valence-electron chi connectivity index (χ2n) is 7.36. The number of hydrogen-bond donors (Lipinski definition) is 1. The van der Waals surface area contributed by atoms with Crippen LogP contribution in [0.2, 0.25) is 0 Å². The molecule has 0 radical (unpaired) electrons. The highest BCUT2D eigenvalue weighted by molar-refractivity contribution is 7.93. The van der Waals surface area contributed by atoms with Gasteiger partial charge in [-0.05, 0) is 87.0 Å². The first-order chi connectivity index (χ1) is 14.1. The highest BCUT2D eigenvalue weighted by Crippen LogP contribution is 2.28. The van der Waals surface area contributed by atoms with E-state index in [4.69, 9.17) is 4.74 Å². The van der Waals surface area contributed by atoms with Crippen LogP contribution in [0.1, 0.15) is 19.4 Å². The van der Waals surface area contributed by atoms with Crippen LogP contribution in [0, 0.1) is 12.7 Å². The van der Waals surface area contributed by atoms with Gasteiger partial charge in [0.2, 0.25) is 5.91 Å². The molecule has 7 heteroatoms. The largest absolute Gasteiger partial charge is 0.457 e. The lowest BCUT2D eigenvalue weighted by Crippen LogP contribution is -2.44. The minimum Gasteiger partial charge on any atom is -0.457 e. The molecule has 30 heavy (non-hydrogen) atoms. The molecular formula is C23H22FNO4S. The van der Waals surface area contributed by atoms with Gasteiger partial charge < -0.3 is 10.1 Å². The summed E-state index contributed by atoms with van der Waals surface area (Å²) in [5.41, 5.74) is 1.22. The molecule has 0 atom stereocenters. The van der Waals surface area contributed by atoms with Crippen molar-refractivity contribution >= 4 is 21.4 Å². The van der Waals surface area contributed by atoms with Gasteiger partial charge in [0.25, 0.3) is 0 Å². The molecule has 0 saturated carbocycles. The molecule has 0 spiro atoms. The Morgan fingerprint density at radius 1 is 0.933 bits per heavy atom. The Hall–Kier alpha value is -3.19. The van der Waals surface area contributed by atoms with Gasteiger partial charge in [0.05, 0.1) is 4.90 Å². The van der Waals surface area contributed by atoms with E-state index < -0.39 is 20.5 Å². The van der Waals surface area contributed by atoms with E-state index in [1.807, 2.05) is 0 Å². The first-order valence-electron chi connectivity index (χ1n) is 9.26. The molecular weight excluding hydrogens is 405 g/mol. The predicted octanol–water partition coefficient (Wildman–Crippen LogP) is 5.12. The van der Waals surface area contributed by atoms with Gasteiger partial charge in [-0.2, -0.15) is 0 Å². The van der Waals surface area contributed by atoms with Crippen molar-refractivity contribution in [3.63, 3.8) is 0 Å². The molecule has 3 rings (SSSR count). The molecule has 5 nitrogen and oxygen atoms in total. The molecule has 0 heterocycles. The third-order valence-electron chi connectivity index (χ3n) is 4.68. The Labute approximate surface area is 175 Å². The fourth-order valence-corrected chi connectivity index (χ4v) is 4.21. The van der Waals surface area contributed by atoms with Crippen molar-refractivity contribution in [2.75, 3.05) is 5.32 Å². The van der Waals surface area contributed by atoms with Crippen molar-refractivity contribution in [1.29, 1.82) is 0 Å². The summed E-state index contributed by atoms with van der Waals surface area (Å²) in [5, 5.41) is 2.65. The fraction of sp³-hybridized carbons (Fsp3) is 0.174. The fourth-order valence-electron chi connectivity index (χ4n) is 2.73. The van der Waals surface area contributed by atoms with E-state index in [0.29, 0.717) is 17.2 Å². The van der Waals surface area contributed by atoms with Crippen LogP contribution < -0.4 is 10.1 Å². The monoisotopic (exact) mass is 427 g/mol. The van der Waals surface area contributed by atoms with E-state index in [1.165, 1.54) is 44.2 Å². The van der Waals surface area contributed by atoms with Gasteiger partial charge in [0, 0.05) is 5.69 Å². The number of aryl methyl sites for hydroxylation is 1. The van der Waals surface area contributed by atoms with Gasteiger partial charge in [-0.15, -0.1) is 0 Å². The molecule has 0 unspecified atom stereocenters. The quantitative estimate of drug-likeness (QED) is 0.593. The van der Waals surface area contributed by atoms with Crippen LogP contribution in [0.5, 0.6) is 11.5 Å². The van der Waals surface area contributed by atoms with Crippen LogP contribution in [0.3, 0.4) is 0 Å². The van der Waals surface area contributed by atoms with Gasteiger partial charge in [-0.3, -0.25) is 4.79 Å². The zero-order chi connectivity index (χ0) is 21.9. The molecule has 0 saturated heterocycles. The maximum atomic E-state index is 13.0. The van der Waals surface area contributed by atoms with Crippen molar-refractivity contribution in [3.8, 4) is 11.5 Å². The lowest BCUT2D eigenvalue weighted by atomic mass is 10.2. The molecule has 0 bridgehead atoms. The van der Waals surface area contributed by atoms with Crippen LogP contribution >= 0.6 is 0 Å². The number of carbonyl (C=O) groups is 1. The summed E-state index contributed by atoms with van der Waals surface area (Å²) in [6.45, 7) is 4.56. The van der Waals surface area contributed by atoms with Crippen molar-refractivity contribution in [2.24, 2.45) is 0 Å². The Morgan fingerprint density at radius 2 is 1.50 bits per heavy atom. The molecule has 0 fully saturated rings. The predicted molar refractivity (Wildman–Crippen MR) is 114 cm³/mol. The van der Waals surface area contributed by atoms with Crippen molar-refractivity contribution in [3.05, 3.63) is 84.2 Å².